The van der Waals surface area contributed by atoms with E-state index < -0.39 is 24.3 Å². The average Bonchev–Trinajstić information content (AvgIpc) is 2.56. The average molecular weight is 398 g/mol. The van der Waals surface area contributed by atoms with Crippen molar-refractivity contribution in [2.24, 2.45) is 0 Å². The van der Waals surface area contributed by atoms with Gasteiger partial charge in [0.1, 0.15) is 11.6 Å². The molecule has 1 N–H and O–H groups in total. The molecule has 2 aromatic rings. The van der Waals surface area contributed by atoms with E-state index in [1.54, 1.807) is 18.2 Å². The Hall–Kier alpha value is -2.28. The van der Waals surface area contributed by atoms with Crippen LogP contribution in [0.3, 0.4) is 0 Å². The van der Waals surface area contributed by atoms with Crippen LogP contribution in [0.2, 0.25) is 0 Å². The Kier molecular flexibility index (Phi) is 6.43. The van der Waals surface area contributed by atoms with E-state index in [0.717, 1.165) is 6.07 Å². The van der Waals surface area contributed by atoms with Gasteiger partial charge in [-0.3, -0.25) is 4.79 Å². The highest BCUT2D eigenvalue weighted by atomic mass is 79.9. The minimum atomic E-state index is -0.932. The van der Waals surface area contributed by atoms with Crippen LogP contribution >= 0.6 is 15.9 Å². The topological polar surface area (TPSA) is 55.4 Å². The SMILES string of the molecule is O=C(COC(=O)c1cc(Br)ccc1F)NCCc1ccccc1F. The van der Waals surface area contributed by atoms with Crippen LogP contribution in [0, 0.1) is 11.6 Å². The fourth-order valence-corrected chi connectivity index (χ4v) is 2.31. The third-order valence-corrected chi connectivity index (χ3v) is 3.65. The highest BCUT2D eigenvalue weighted by Gasteiger charge is 2.15. The standard InChI is InChI=1S/C17H14BrF2NO3/c18-12-5-6-15(20)13(9-12)17(23)24-10-16(22)21-8-7-11-3-1-2-4-14(11)19/h1-6,9H,7-8,10H2,(H,21,22). The Bertz CT molecular complexity index is 752. The van der Waals surface area contributed by atoms with Gasteiger partial charge in [0, 0.05) is 11.0 Å². The second-order valence-corrected chi connectivity index (χ2v) is 5.81. The lowest BCUT2D eigenvalue weighted by atomic mass is 10.1. The summed E-state index contributed by atoms with van der Waals surface area (Å²) < 4.78 is 32.2. The normalized spacial score (nSPS) is 10.3. The minimum Gasteiger partial charge on any atom is -0.452 e. The second-order valence-electron chi connectivity index (χ2n) is 4.89. The van der Waals surface area contributed by atoms with Gasteiger partial charge < -0.3 is 10.1 Å². The molecule has 0 radical (unpaired) electrons. The Labute approximate surface area is 145 Å². The highest BCUT2D eigenvalue weighted by molar-refractivity contribution is 9.10. The Morgan fingerprint density at radius 2 is 1.83 bits per heavy atom. The summed E-state index contributed by atoms with van der Waals surface area (Å²) in [6.45, 7) is -0.343. The summed E-state index contributed by atoms with van der Waals surface area (Å²) in [5, 5.41) is 2.51. The molecule has 0 atom stereocenters. The molecule has 7 heteroatoms. The van der Waals surface area contributed by atoms with Crippen molar-refractivity contribution < 1.29 is 23.1 Å². The molecule has 0 aliphatic rings. The van der Waals surface area contributed by atoms with Crippen LogP contribution in [-0.2, 0) is 16.0 Å². The van der Waals surface area contributed by atoms with E-state index in [9.17, 15) is 18.4 Å². The third kappa shape index (κ3) is 5.13. The molecular formula is C17H14BrF2NO3. The molecule has 0 heterocycles. The Morgan fingerprint density at radius 3 is 2.58 bits per heavy atom. The number of halogens is 3. The largest absolute Gasteiger partial charge is 0.452 e. The molecule has 2 rings (SSSR count). The fraction of sp³-hybridized carbons (Fsp3) is 0.176. The van der Waals surface area contributed by atoms with Gasteiger partial charge in [-0.2, -0.15) is 0 Å². The van der Waals surface area contributed by atoms with E-state index >= 15 is 0 Å². The molecule has 1 amide bonds. The van der Waals surface area contributed by atoms with Crippen LogP contribution < -0.4 is 5.32 Å². The summed E-state index contributed by atoms with van der Waals surface area (Å²) in [5.41, 5.74) is 0.217. The van der Waals surface area contributed by atoms with Gasteiger partial charge in [-0.25, -0.2) is 13.6 Å². The van der Waals surface area contributed by atoms with E-state index in [0.29, 0.717) is 16.5 Å². The van der Waals surface area contributed by atoms with Gasteiger partial charge in [-0.05, 0) is 36.2 Å². The molecule has 0 aliphatic carbocycles. The van der Waals surface area contributed by atoms with Crippen molar-refractivity contribution in [2.75, 3.05) is 13.2 Å². The minimum absolute atomic E-state index is 0.197. The van der Waals surface area contributed by atoms with Crippen molar-refractivity contribution in [3.05, 3.63) is 69.7 Å². The number of benzene rings is 2. The van der Waals surface area contributed by atoms with E-state index in [1.165, 1.54) is 18.2 Å². The van der Waals surface area contributed by atoms with E-state index in [4.69, 9.17) is 4.74 Å². The van der Waals surface area contributed by atoms with E-state index in [1.807, 2.05) is 0 Å². The molecule has 24 heavy (non-hydrogen) atoms. The van der Waals surface area contributed by atoms with Gasteiger partial charge in [0.25, 0.3) is 5.91 Å². The van der Waals surface area contributed by atoms with Crippen molar-refractivity contribution in [1.29, 1.82) is 0 Å². The molecular weight excluding hydrogens is 384 g/mol. The smallest absolute Gasteiger partial charge is 0.341 e. The third-order valence-electron chi connectivity index (χ3n) is 3.16. The van der Waals surface area contributed by atoms with Crippen LogP contribution in [0.4, 0.5) is 8.78 Å². The molecule has 0 fully saturated rings. The summed E-state index contributed by atoms with van der Waals surface area (Å²) in [4.78, 5) is 23.4. The maximum absolute atomic E-state index is 13.5. The maximum atomic E-state index is 13.5. The zero-order chi connectivity index (χ0) is 17.5. The molecule has 4 nitrogen and oxygen atoms in total. The number of carbonyl (C=O) groups excluding carboxylic acids is 2. The molecule has 0 unspecified atom stereocenters. The number of hydrogen-bond donors (Lipinski definition) is 1. The molecule has 0 aromatic heterocycles. The fourth-order valence-electron chi connectivity index (χ4n) is 1.95. The van der Waals surface area contributed by atoms with Gasteiger partial charge in [0.15, 0.2) is 6.61 Å². The van der Waals surface area contributed by atoms with Gasteiger partial charge in [-0.1, -0.05) is 34.1 Å². The monoisotopic (exact) mass is 397 g/mol. The summed E-state index contributed by atoms with van der Waals surface area (Å²) in [7, 11) is 0. The predicted octanol–water partition coefficient (Wildman–Crippen LogP) is 3.24. The maximum Gasteiger partial charge on any atom is 0.341 e. The highest BCUT2D eigenvalue weighted by Crippen LogP contribution is 2.16. The molecule has 126 valence electrons. The first kappa shape index (κ1) is 18.1. The number of amides is 1. The summed E-state index contributed by atoms with van der Waals surface area (Å²) in [6.07, 6.45) is 0.312. The molecule has 0 aliphatic heterocycles. The first-order chi connectivity index (χ1) is 11.5. The summed E-state index contributed by atoms with van der Waals surface area (Å²) >= 11 is 3.12. The van der Waals surface area contributed by atoms with Crippen LogP contribution in [-0.4, -0.2) is 25.0 Å². The van der Waals surface area contributed by atoms with Gasteiger partial charge in [-0.15, -0.1) is 0 Å². The zero-order valence-corrected chi connectivity index (χ0v) is 14.1. The van der Waals surface area contributed by atoms with Crippen molar-refractivity contribution in [3.8, 4) is 0 Å². The molecule has 0 spiro atoms. The van der Waals surface area contributed by atoms with Crippen LogP contribution in [0.1, 0.15) is 15.9 Å². The number of rotatable bonds is 6. The van der Waals surface area contributed by atoms with E-state index in [-0.39, 0.29) is 17.9 Å². The van der Waals surface area contributed by atoms with Gasteiger partial charge in [0.2, 0.25) is 0 Å². The van der Waals surface area contributed by atoms with Gasteiger partial charge >= 0.3 is 5.97 Å². The lowest BCUT2D eigenvalue weighted by Crippen LogP contribution is -2.30. The number of esters is 1. The first-order valence-electron chi connectivity index (χ1n) is 7.09. The summed E-state index contributed by atoms with van der Waals surface area (Å²) in [6, 6.07) is 10.1. The Balaban J connectivity index is 1.78. The Morgan fingerprint density at radius 1 is 1.08 bits per heavy atom. The summed E-state index contributed by atoms with van der Waals surface area (Å²) in [5.74, 6) is -2.56. The number of carbonyl (C=O) groups is 2. The lowest BCUT2D eigenvalue weighted by Gasteiger charge is -2.08. The predicted molar refractivity (Wildman–Crippen MR) is 87.5 cm³/mol. The van der Waals surface area contributed by atoms with Crippen molar-refractivity contribution in [2.45, 2.75) is 6.42 Å². The molecule has 2 aromatic carbocycles. The first-order valence-corrected chi connectivity index (χ1v) is 7.89. The second kappa shape index (κ2) is 8.54. The van der Waals surface area contributed by atoms with Crippen LogP contribution in [0.25, 0.3) is 0 Å². The molecule has 0 saturated carbocycles. The van der Waals surface area contributed by atoms with E-state index in [2.05, 4.69) is 21.2 Å². The van der Waals surface area contributed by atoms with Crippen molar-refractivity contribution in [3.63, 3.8) is 0 Å². The van der Waals surface area contributed by atoms with Crippen molar-refractivity contribution in [1.82, 2.24) is 5.32 Å². The van der Waals surface area contributed by atoms with Crippen LogP contribution in [0.5, 0.6) is 0 Å². The van der Waals surface area contributed by atoms with Crippen LogP contribution in [0.15, 0.2) is 46.9 Å². The quantitative estimate of drug-likeness (QED) is 0.761. The number of ether oxygens (including phenoxy) is 1. The molecule has 0 bridgehead atoms. The van der Waals surface area contributed by atoms with Crippen molar-refractivity contribution >= 4 is 27.8 Å². The molecule has 0 saturated heterocycles. The number of hydrogen-bond acceptors (Lipinski definition) is 3. The van der Waals surface area contributed by atoms with Gasteiger partial charge in [0.05, 0.1) is 5.56 Å². The lowest BCUT2D eigenvalue weighted by molar-refractivity contribution is -0.124. The number of nitrogens with one attached hydrogen (secondary N) is 1. The zero-order valence-electron chi connectivity index (χ0n) is 12.5.